The average Bonchev–Trinajstić information content (AvgIpc) is 3.00. The molecule has 0 radical (unpaired) electrons. The van der Waals surface area contributed by atoms with E-state index in [1.165, 1.54) is 6.07 Å². The van der Waals surface area contributed by atoms with E-state index in [2.05, 4.69) is 4.98 Å². The number of carbonyl (C=O) groups is 3. The van der Waals surface area contributed by atoms with Gasteiger partial charge in [-0.3, -0.25) is 19.5 Å². The first-order valence-corrected chi connectivity index (χ1v) is 8.77. The second-order valence-corrected chi connectivity index (χ2v) is 7.38. The standard InChI is InChI=1S/C15H10Cl2F3N5O4/c16-6-1-8-9(2-7(6)17)25-12(21-8)22-11(27)14(25,15(18,19)20)23-10(26)5-3-24(4-5)13(28)29/h1-2,5H,3-4H2,(H,23,26)(H,28,29)(H,21,22,27). The minimum atomic E-state index is -5.26. The molecular formula is C15H10Cl2F3N5O4. The Morgan fingerprint density at radius 2 is 1.90 bits per heavy atom. The smallest absolute Gasteiger partial charge is 0.440 e. The van der Waals surface area contributed by atoms with E-state index < -0.39 is 41.6 Å². The first-order chi connectivity index (χ1) is 13.5. The Balaban J connectivity index is 1.80. The van der Waals surface area contributed by atoms with E-state index in [9.17, 15) is 27.6 Å². The predicted molar refractivity (Wildman–Crippen MR) is 93.6 cm³/mol. The number of halogens is 5. The summed E-state index contributed by atoms with van der Waals surface area (Å²) in [7, 11) is 0. The number of amides is 3. The van der Waals surface area contributed by atoms with Crippen LogP contribution in [0.4, 0.5) is 23.9 Å². The molecule has 1 unspecified atom stereocenters. The maximum atomic E-state index is 14.2. The number of carboxylic acid groups (broad SMARTS) is 1. The fourth-order valence-electron chi connectivity index (χ4n) is 3.31. The number of fused-ring (bicyclic) bond motifs is 3. The van der Waals surface area contributed by atoms with E-state index in [1.807, 2.05) is 5.32 Å². The van der Waals surface area contributed by atoms with Crippen molar-refractivity contribution in [3.8, 4) is 0 Å². The Bertz CT molecular complexity index is 1080. The lowest BCUT2D eigenvalue weighted by molar-refractivity contribution is -0.218. The number of alkyl halides is 3. The lowest BCUT2D eigenvalue weighted by Crippen LogP contribution is -2.66. The molecule has 0 aliphatic carbocycles. The van der Waals surface area contributed by atoms with Crippen molar-refractivity contribution in [2.45, 2.75) is 11.8 Å². The highest BCUT2D eigenvalue weighted by Crippen LogP contribution is 2.45. The van der Waals surface area contributed by atoms with Crippen LogP contribution in [-0.2, 0) is 15.3 Å². The molecule has 1 saturated heterocycles. The second-order valence-electron chi connectivity index (χ2n) is 6.56. The SMILES string of the molecule is O=C(NC1(C(F)(F)F)C(=O)Nc2nc3cc(Cl)c(Cl)cc3n21)C1CN(C(=O)O)C1. The summed E-state index contributed by atoms with van der Waals surface area (Å²) in [5.41, 5.74) is -3.63. The van der Waals surface area contributed by atoms with Crippen molar-refractivity contribution in [3.05, 3.63) is 22.2 Å². The fraction of sp³-hybridized carbons (Fsp3) is 0.333. The molecule has 154 valence electrons. The molecule has 2 aliphatic rings. The average molecular weight is 452 g/mol. The van der Waals surface area contributed by atoms with Gasteiger partial charge in [-0.2, -0.15) is 13.2 Å². The van der Waals surface area contributed by atoms with E-state index in [4.69, 9.17) is 28.3 Å². The third-order valence-electron chi connectivity index (χ3n) is 4.82. The molecule has 1 aromatic carbocycles. The number of carbonyl (C=O) groups excluding carboxylic acids is 2. The van der Waals surface area contributed by atoms with Gasteiger partial charge < -0.3 is 15.3 Å². The molecule has 3 amide bonds. The van der Waals surface area contributed by atoms with Gasteiger partial charge in [-0.25, -0.2) is 9.78 Å². The number of rotatable bonds is 2. The van der Waals surface area contributed by atoms with E-state index >= 15 is 0 Å². The van der Waals surface area contributed by atoms with Crippen molar-refractivity contribution in [3.63, 3.8) is 0 Å². The molecular weight excluding hydrogens is 442 g/mol. The monoisotopic (exact) mass is 451 g/mol. The third-order valence-corrected chi connectivity index (χ3v) is 5.55. The number of likely N-dealkylation sites (tertiary alicyclic amines) is 1. The van der Waals surface area contributed by atoms with E-state index in [0.717, 1.165) is 11.0 Å². The van der Waals surface area contributed by atoms with Crippen molar-refractivity contribution < 1.29 is 32.7 Å². The quantitative estimate of drug-likeness (QED) is 0.647. The van der Waals surface area contributed by atoms with Gasteiger partial charge in [0.1, 0.15) is 0 Å². The molecule has 0 spiro atoms. The maximum Gasteiger partial charge on any atom is 0.440 e. The van der Waals surface area contributed by atoms with Crippen LogP contribution in [0.3, 0.4) is 0 Å². The van der Waals surface area contributed by atoms with E-state index in [1.54, 1.807) is 5.32 Å². The summed E-state index contributed by atoms with van der Waals surface area (Å²) in [5.74, 6) is -4.15. The Morgan fingerprint density at radius 1 is 1.28 bits per heavy atom. The lowest BCUT2D eigenvalue weighted by atomic mass is 9.98. The van der Waals surface area contributed by atoms with E-state index in [-0.39, 0.29) is 34.2 Å². The van der Waals surface area contributed by atoms with Crippen LogP contribution in [0.25, 0.3) is 11.0 Å². The molecule has 2 aromatic rings. The maximum absolute atomic E-state index is 14.2. The Kier molecular flexibility index (Phi) is 4.14. The van der Waals surface area contributed by atoms with Gasteiger partial charge in [0.25, 0.3) is 11.6 Å². The summed E-state index contributed by atoms with van der Waals surface area (Å²) in [4.78, 5) is 40.5. The zero-order valence-electron chi connectivity index (χ0n) is 14.0. The summed E-state index contributed by atoms with van der Waals surface area (Å²) >= 11 is 11.8. The first-order valence-electron chi connectivity index (χ1n) is 8.01. The van der Waals surface area contributed by atoms with Crippen LogP contribution >= 0.6 is 23.2 Å². The van der Waals surface area contributed by atoms with Gasteiger partial charge in [0.15, 0.2) is 0 Å². The van der Waals surface area contributed by atoms with Gasteiger partial charge in [-0.1, -0.05) is 23.2 Å². The zero-order valence-corrected chi connectivity index (χ0v) is 15.6. The van der Waals surface area contributed by atoms with Crippen molar-refractivity contribution in [1.29, 1.82) is 0 Å². The Morgan fingerprint density at radius 3 is 2.48 bits per heavy atom. The van der Waals surface area contributed by atoms with Gasteiger partial charge >= 0.3 is 12.3 Å². The molecule has 4 rings (SSSR count). The second kappa shape index (κ2) is 6.13. The summed E-state index contributed by atoms with van der Waals surface area (Å²) in [6.07, 6.45) is -6.55. The Hall–Kier alpha value is -2.73. The van der Waals surface area contributed by atoms with Crippen LogP contribution in [-0.4, -0.2) is 56.7 Å². The lowest BCUT2D eigenvalue weighted by Gasteiger charge is -2.39. The number of nitrogens with one attached hydrogen (secondary N) is 2. The largest absolute Gasteiger partial charge is 0.465 e. The van der Waals surface area contributed by atoms with Crippen molar-refractivity contribution in [2.24, 2.45) is 5.92 Å². The van der Waals surface area contributed by atoms with Crippen molar-refractivity contribution in [1.82, 2.24) is 19.8 Å². The molecule has 1 fully saturated rings. The molecule has 0 saturated carbocycles. The summed E-state index contributed by atoms with van der Waals surface area (Å²) in [6.45, 7) is -0.564. The van der Waals surface area contributed by atoms with Crippen LogP contribution in [0.15, 0.2) is 12.1 Å². The normalized spacial score (nSPS) is 21.7. The molecule has 2 aliphatic heterocycles. The number of hydrogen-bond acceptors (Lipinski definition) is 4. The summed E-state index contributed by atoms with van der Waals surface area (Å²) < 4.78 is 43.1. The van der Waals surface area contributed by atoms with Gasteiger partial charge in [0.05, 0.1) is 27.0 Å². The van der Waals surface area contributed by atoms with Gasteiger partial charge in [-0.15, -0.1) is 0 Å². The van der Waals surface area contributed by atoms with E-state index in [0.29, 0.717) is 4.57 Å². The number of hydrogen-bond donors (Lipinski definition) is 3. The number of nitrogens with zero attached hydrogens (tertiary/aromatic N) is 3. The molecule has 1 atom stereocenters. The van der Waals surface area contributed by atoms with Crippen LogP contribution < -0.4 is 10.6 Å². The van der Waals surface area contributed by atoms with Crippen LogP contribution in [0.5, 0.6) is 0 Å². The molecule has 9 nitrogen and oxygen atoms in total. The predicted octanol–water partition coefficient (Wildman–Crippen LogP) is 2.24. The van der Waals surface area contributed by atoms with Crippen LogP contribution in [0.2, 0.25) is 10.0 Å². The zero-order chi connectivity index (χ0) is 21.3. The molecule has 1 aromatic heterocycles. The summed E-state index contributed by atoms with van der Waals surface area (Å²) in [5, 5.41) is 12.6. The van der Waals surface area contributed by atoms with Gasteiger partial charge in [0, 0.05) is 13.1 Å². The topological polar surface area (TPSA) is 117 Å². The molecule has 14 heteroatoms. The molecule has 29 heavy (non-hydrogen) atoms. The third kappa shape index (κ3) is 2.69. The van der Waals surface area contributed by atoms with Crippen molar-refractivity contribution >= 4 is 58.1 Å². The molecule has 3 N–H and O–H groups in total. The highest BCUT2D eigenvalue weighted by molar-refractivity contribution is 6.42. The van der Waals surface area contributed by atoms with Crippen molar-refractivity contribution in [2.75, 3.05) is 18.4 Å². The number of anilines is 1. The number of aromatic nitrogens is 2. The van der Waals surface area contributed by atoms with Gasteiger partial charge in [-0.05, 0) is 12.1 Å². The summed E-state index contributed by atoms with van der Waals surface area (Å²) in [6, 6.07) is 2.34. The van der Waals surface area contributed by atoms with Gasteiger partial charge in [0.2, 0.25) is 11.9 Å². The fourth-order valence-corrected chi connectivity index (χ4v) is 3.63. The molecule has 3 heterocycles. The number of imidazole rings is 1. The minimum Gasteiger partial charge on any atom is -0.465 e. The first kappa shape index (κ1) is 19.6. The highest BCUT2D eigenvalue weighted by Gasteiger charge is 2.68. The highest BCUT2D eigenvalue weighted by atomic mass is 35.5. The Labute approximate surface area is 169 Å². The number of benzene rings is 1. The van der Waals surface area contributed by atoms with Crippen LogP contribution in [0, 0.1) is 5.92 Å². The van der Waals surface area contributed by atoms with Crippen LogP contribution in [0.1, 0.15) is 0 Å². The molecule has 0 bridgehead atoms. The minimum absolute atomic E-state index is 0.0259.